The highest BCUT2D eigenvalue weighted by molar-refractivity contribution is 5.87. The lowest BCUT2D eigenvalue weighted by Gasteiger charge is -2.37. The number of rotatable bonds is 6. The molecule has 7 nitrogen and oxygen atoms in total. The standard InChI is InChI=1S/C21H32N4O3/c1-20(2,3)6-4-19-22-10-15-11-25(7-5-18(15)23-19)12-16-8-17(28-24-16)9-21(26)13-27-14-21/h10,17,26H,4-9,11-14H2,1-3H3. The van der Waals surface area contributed by atoms with Gasteiger partial charge < -0.3 is 14.7 Å². The average Bonchev–Trinajstić information content (AvgIpc) is 3.04. The zero-order valence-electron chi connectivity index (χ0n) is 17.3. The minimum absolute atomic E-state index is 0.0327. The van der Waals surface area contributed by atoms with Gasteiger partial charge in [-0.2, -0.15) is 0 Å². The molecule has 0 bridgehead atoms. The molecule has 4 heterocycles. The molecule has 4 rings (SSSR count). The molecule has 1 unspecified atom stereocenters. The molecule has 28 heavy (non-hydrogen) atoms. The molecule has 1 saturated heterocycles. The summed E-state index contributed by atoms with van der Waals surface area (Å²) < 4.78 is 5.11. The Kier molecular flexibility index (Phi) is 5.42. The first-order valence-corrected chi connectivity index (χ1v) is 10.4. The lowest BCUT2D eigenvalue weighted by molar-refractivity contribution is -0.193. The van der Waals surface area contributed by atoms with Crippen molar-refractivity contribution in [2.45, 2.75) is 71.1 Å². The van der Waals surface area contributed by atoms with E-state index in [1.165, 1.54) is 11.3 Å². The van der Waals surface area contributed by atoms with E-state index in [9.17, 15) is 5.11 Å². The van der Waals surface area contributed by atoms with E-state index in [4.69, 9.17) is 14.6 Å². The molecule has 3 aliphatic rings. The Balaban J connectivity index is 1.27. The van der Waals surface area contributed by atoms with Crippen molar-refractivity contribution in [2.24, 2.45) is 10.6 Å². The third kappa shape index (κ3) is 4.88. The summed E-state index contributed by atoms with van der Waals surface area (Å²) in [5, 5.41) is 14.5. The van der Waals surface area contributed by atoms with Crippen LogP contribution in [0.3, 0.4) is 0 Å². The third-order valence-corrected chi connectivity index (χ3v) is 5.71. The fourth-order valence-electron chi connectivity index (χ4n) is 3.98. The van der Waals surface area contributed by atoms with Crippen LogP contribution in [0.1, 0.15) is 57.1 Å². The SMILES string of the molecule is CC(C)(C)CCc1ncc2c(n1)CCN(CC1=NOC(CC3(O)COC3)C1)C2. The Morgan fingerprint density at radius 2 is 2.14 bits per heavy atom. The van der Waals surface area contributed by atoms with Gasteiger partial charge in [-0.1, -0.05) is 25.9 Å². The zero-order chi connectivity index (χ0) is 19.8. The minimum Gasteiger partial charge on any atom is -0.392 e. The van der Waals surface area contributed by atoms with Gasteiger partial charge in [-0.25, -0.2) is 9.97 Å². The maximum atomic E-state index is 10.2. The zero-order valence-corrected chi connectivity index (χ0v) is 17.3. The summed E-state index contributed by atoms with van der Waals surface area (Å²) in [7, 11) is 0. The Labute approximate surface area is 167 Å². The van der Waals surface area contributed by atoms with Crippen molar-refractivity contribution in [3.63, 3.8) is 0 Å². The van der Waals surface area contributed by atoms with Gasteiger partial charge in [0.05, 0.1) is 18.9 Å². The summed E-state index contributed by atoms with van der Waals surface area (Å²) in [5.41, 5.74) is 3.06. The molecule has 7 heteroatoms. The first-order chi connectivity index (χ1) is 13.3. The normalized spacial score (nSPS) is 24.3. The van der Waals surface area contributed by atoms with Gasteiger partial charge in [-0.05, 0) is 11.8 Å². The molecule has 1 atom stereocenters. The smallest absolute Gasteiger partial charge is 0.135 e. The monoisotopic (exact) mass is 388 g/mol. The van der Waals surface area contributed by atoms with Crippen LogP contribution >= 0.6 is 0 Å². The Bertz CT molecular complexity index is 740. The van der Waals surface area contributed by atoms with Gasteiger partial charge >= 0.3 is 0 Å². The molecule has 0 aliphatic carbocycles. The number of aryl methyl sites for hydroxylation is 1. The van der Waals surface area contributed by atoms with Crippen molar-refractivity contribution < 1.29 is 14.7 Å². The topological polar surface area (TPSA) is 80.1 Å². The molecular weight excluding hydrogens is 356 g/mol. The first kappa shape index (κ1) is 19.7. The van der Waals surface area contributed by atoms with Crippen molar-refractivity contribution in [3.8, 4) is 0 Å². The van der Waals surface area contributed by atoms with Gasteiger partial charge in [0.2, 0.25) is 0 Å². The lowest BCUT2D eigenvalue weighted by Crippen LogP contribution is -2.51. The second kappa shape index (κ2) is 7.69. The van der Waals surface area contributed by atoms with E-state index in [1.807, 2.05) is 6.20 Å². The van der Waals surface area contributed by atoms with Gasteiger partial charge in [0.1, 0.15) is 17.5 Å². The highest BCUT2D eigenvalue weighted by Gasteiger charge is 2.40. The molecule has 1 fully saturated rings. The maximum absolute atomic E-state index is 10.2. The third-order valence-electron chi connectivity index (χ3n) is 5.71. The van der Waals surface area contributed by atoms with Gasteiger partial charge in [-0.15, -0.1) is 0 Å². The van der Waals surface area contributed by atoms with E-state index in [0.29, 0.717) is 25.0 Å². The Morgan fingerprint density at radius 1 is 1.32 bits per heavy atom. The largest absolute Gasteiger partial charge is 0.392 e. The number of oxime groups is 1. The summed E-state index contributed by atoms with van der Waals surface area (Å²) >= 11 is 0. The highest BCUT2D eigenvalue weighted by Crippen LogP contribution is 2.28. The second-order valence-electron chi connectivity index (χ2n) is 9.79. The van der Waals surface area contributed by atoms with Crippen molar-refractivity contribution in [3.05, 3.63) is 23.3 Å². The summed E-state index contributed by atoms with van der Waals surface area (Å²) in [6, 6.07) is 0. The van der Waals surface area contributed by atoms with Crippen LogP contribution in [0.15, 0.2) is 11.4 Å². The Morgan fingerprint density at radius 3 is 2.86 bits per heavy atom. The number of fused-ring (bicyclic) bond motifs is 1. The van der Waals surface area contributed by atoms with Crippen LogP contribution in [0.5, 0.6) is 0 Å². The van der Waals surface area contributed by atoms with E-state index in [0.717, 1.165) is 56.9 Å². The average molecular weight is 389 g/mol. The lowest BCUT2D eigenvalue weighted by atomic mass is 9.90. The van der Waals surface area contributed by atoms with E-state index >= 15 is 0 Å². The molecule has 1 N–H and O–H groups in total. The first-order valence-electron chi connectivity index (χ1n) is 10.4. The van der Waals surface area contributed by atoms with Crippen molar-refractivity contribution >= 4 is 5.71 Å². The van der Waals surface area contributed by atoms with Crippen LogP contribution in [0.25, 0.3) is 0 Å². The fourth-order valence-corrected chi connectivity index (χ4v) is 3.98. The van der Waals surface area contributed by atoms with Gasteiger partial charge in [0.25, 0.3) is 0 Å². The molecule has 0 saturated carbocycles. The van der Waals surface area contributed by atoms with Crippen LogP contribution in [0, 0.1) is 5.41 Å². The number of aromatic nitrogens is 2. The molecule has 1 aromatic heterocycles. The van der Waals surface area contributed by atoms with Crippen LogP contribution in [0.4, 0.5) is 0 Å². The van der Waals surface area contributed by atoms with Crippen molar-refractivity contribution in [1.29, 1.82) is 0 Å². The van der Waals surface area contributed by atoms with Crippen LogP contribution in [-0.4, -0.2) is 63.7 Å². The van der Waals surface area contributed by atoms with Crippen LogP contribution < -0.4 is 0 Å². The highest BCUT2D eigenvalue weighted by atomic mass is 16.6. The summed E-state index contributed by atoms with van der Waals surface area (Å²) in [6.45, 7) is 10.2. The van der Waals surface area contributed by atoms with E-state index < -0.39 is 5.60 Å². The summed E-state index contributed by atoms with van der Waals surface area (Å²) in [6.07, 6.45) is 6.34. The molecule has 1 aromatic rings. The number of nitrogens with zero attached hydrogens (tertiary/aromatic N) is 4. The van der Waals surface area contributed by atoms with E-state index in [2.05, 4.69) is 35.8 Å². The van der Waals surface area contributed by atoms with E-state index in [1.54, 1.807) is 0 Å². The molecule has 0 spiro atoms. The van der Waals surface area contributed by atoms with Gasteiger partial charge in [-0.3, -0.25) is 4.90 Å². The van der Waals surface area contributed by atoms with Crippen LogP contribution in [-0.2, 0) is 29.0 Å². The van der Waals surface area contributed by atoms with Crippen molar-refractivity contribution in [2.75, 3.05) is 26.3 Å². The summed E-state index contributed by atoms with van der Waals surface area (Å²) in [4.78, 5) is 17.3. The van der Waals surface area contributed by atoms with Gasteiger partial charge in [0.15, 0.2) is 0 Å². The predicted molar refractivity (Wildman–Crippen MR) is 106 cm³/mol. The predicted octanol–water partition coefficient (Wildman–Crippen LogP) is 2.11. The van der Waals surface area contributed by atoms with Crippen LogP contribution in [0.2, 0.25) is 0 Å². The number of hydrogen-bond acceptors (Lipinski definition) is 7. The molecule has 0 aromatic carbocycles. The summed E-state index contributed by atoms with van der Waals surface area (Å²) in [5.74, 6) is 0.969. The van der Waals surface area contributed by atoms with E-state index in [-0.39, 0.29) is 6.10 Å². The molecule has 3 aliphatic heterocycles. The molecule has 154 valence electrons. The quantitative estimate of drug-likeness (QED) is 0.804. The second-order valence-corrected chi connectivity index (χ2v) is 9.79. The molecule has 0 amide bonds. The number of ether oxygens (including phenoxy) is 1. The Hall–Kier alpha value is -1.57. The fraction of sp³-hybridized carbons (Fsp3) is 0.762. The maximum Gasteiger partial charge on any atom is 0.135 e. The molecular formula is C21H32N4O3. The molecule has 0 radical (unpaired) electrons. The van der Waals surface area contributed by atoms with Gasteiger partial charge in [0, 0.05) is 62.8 Å². The minimum atomic E-state index is -0.720. The number of aliphatic hydroxyl groups is 1. The van der Waals surface area contributed by atoms with Crippen molar-refractivity contribution in [1.82, 2.24) is 14.9 Å². The number of hydrogen-bond donors (Lipinski definition) is 1.